The summed E-state index contributed by atoms with van der Waals surface area (Å²) in [5.41, 5.74) is 3.59. The van der Waals surface area contributed by atoms with Gasteiger partial charge in [-0.15, -0.1) is 11.6 Å². The highest BCUT2D eigenvalue weighted by molar-refractivity contribution is 6.17. The van der Waals surface area contributed by atoms with Crippen LogP contribution >= 0.6 is 11.6 Å². The van der Waals surface area contributed by atoms with E-state index in [2.05, 4.69) is 41.2 Å². The monoisotopic (exact) mass is 260 g/mol. The summed E-state index contributed by atoms with van der Waals surface area (Å²) in [6, 6.07) is 12.5. The van der Waals surface area contributed by atoms with Gasteiger partial charge in [0, 0.05) is 37.2 Å². The molecule has 1 aromatic carbocycles. The van der Waals surface area contributed by atoms with E-state index in [0.717, 1.165) is 24.2 Å². The molecule has 0 saturated heterocycles. The van der Waals surface area contributed by atoms with Crippen molar-refractivity contribution in [3.05, 3.63) is 59.9 Å². The zero-order valence-corrected chi connectivity index (χ0v) is 11.3. The molecule has 0 radical (unpaired) electrons. The Morgan fingerprint density at radius 3 is 2.67 bits per heavy atom. The number of benzene rings is 1. The molecule has 0 atom stereocenters. The summed E-state index contributed by atoms with van der Waals surface area (Å²) in [6.45, 7) is 0.970. The van der Waals surface area contributed by atoms with E-state index in [4.69, 9.17) is 11.6 Å². The van der Waals surface area contributed by atoms with Gasteiger partial charge >= 0.3 is 0 Å². The summed E-state index contributed by atoms with van der Waals surface area (Å²) in [7, 11) is 2.09. The summed E-state index contributed by atoms with van der Waals surface area (Å²) in [6.07, 6.45) is 4.67. The fourth-order valence-electron chi connectivity index (χ4n) is 1.96. The second kappa shape index (κ2) is 6.41. The van der Waals surface area contributed by atoms with E-state index < -0.39 is 0 Å². The van der Waals surface area contributed by atoms with Crippen molar-refractivity contribution in [3.63, 3.8) is 0 Å². The lowest BCUT2D eigenvalue weighted by molar-refractivity contribution is 0.870. The third kappa shape index (κ3) is 3.23. The van der Waals surface area contributed by atoms with Gasteiger partial charge in [0.25, 0.3) is 0 Å². The molecular weight excluding hydrogens is 244 g/mol. The predicted molar refractivity (Wildman–Crippen MR) is 77.2 cm³/mol. The molecule has 0 aliphatic carbocycles. The van der Waals surface area contributed by atoms with Crippen molar-refractivity contribution in [2.24, 2.45) is 0 Å². The van der Waals surface area contributed by atoms with E-state index in [0.29, 0.717) is 5.88 Å². The molecule has 0 unspecified atom stereocenters. The first-order valence-electron chi connectivity index (χ1n) is 6.05. The first-order valence-corrected chi connectivity index (χ1v) is 6.58. The maximum Gasteiger partial charge on any atom is 0.0509 e. The van der Waals surface area contributed by atoms with Gasteiger partial charge in [-0.25, -0.2) is 0 Å². The van der Waals surface area contributed by atoms with Crippen LogP contribution in [0.4, 0.5) is 5.69 Å². The molecule has 0 fully saturated rings. The number of rotatable bonds is 5. The van der Waals surface area contributed by atoms with Crippen molar-refractivity contribution in [1.82, 2.24) is 4.98 Å². The van der Waals surface area contributed by atoms with E-state index in [1.807, 2.05) is 24.5 Å². The first kappa shape index (κ1) is 12.9. The lowest BCUT2D eigenvalue weighted by Crippen LogP contribution is -2.21. The average molecular weight is 261 g/mol. The minimum atomic E-state index is 0.499. The number of alkyl halides is 1. The van der Waals surface area contributed by atoms with Crippen LogP contribution in [0.2, 0.25) is 0 Å². The summed E-state index contributed by atoms with van der Waals surface area (Å²) >= 11 is 5.93. The van der Waals surface area contributed by atoms with Crippen molar-refractivity contribution in [1.29, 1.82) is 0 Å². The Hall–Kier alpha value is -1.54. The lowest BCUT2D eigenvalue weighted by Gasteiger charge is -2.21. The number of hydrogen-bond acceptors (Lipinski definition) is 2. The fourth-order valence-corrected chi connectivity index (χ4v) is 2.16. The van der Waals surface area contributed by atoms with Gasteiger partial charge < -0.3 is 4.90 Å². The molecule has 2 nitrogen and oxygen atoms in total. The smallest absolute Gasteiger partial charge is 0.0509 e. The van der Waals surface area contributed by atoms with Crippen LogP contribution in [0.1, 0.15) is 11.1 Å². The molecule has 0 bridgehead atoms. The van der Waals surface area contributed by atoms with Crippen molar-refractivity contribution in [3.8, 4) is 0 Å². The second-order valence-electron chi connectivity index (χ2n) is 4.30. The predicted octanol–water partition coefficient (Wildman–Crippen LogP) is 3.50. The Morgan fingerprint density at radius 2 is 1.94 bits per heavy atom. The van der Waals surface area contributed by atoms with Crippen LogP contribution in [0.5, 0.6) is 0 Å². The number of anilines is 1. The molecule has 3 heteroatoms. The molecule has 0 N–H and O–H groups in total. The fraction of sp³-hybridized carbons (Fsp3) is 0.267. The molecule has 1 heterocycles. The average Bonchev–Trinajstić information content (AvgIpc) is 2.45. The molecule has 0 aliphatic heterocycles. The van der Waals surface area contributed by atoms with Crippen LogP contribution < -0.4 is 4.90 Å². The standard InChI is InChI=1S/C15H17ClN2/c1-18(10-8-13-5-3-2-4-6-13)15-7-9-17-12-14(15)11-16/h2-7,9,12H,8,10-11H2,1H3. The normalized spacial score (nSPS) is 10.3. The van der Waals surface area contributed by atoms with E-state index >= 15 is 0 Å². The van der Waals surface area contributed by atoms with Crippen LogP contribution in [-0.2, 0) is 12.3 Å². The van der Waals surface area contributed by atoms with Gasteiger partial charge in [-0.05, 0) is 18.1 Å². The molecule has 0 saturated carbocycles. The number of likely N-dealkylation sites (N-methyl/N-ethyl adjacent to an activating group) is 1. The highest BCUT2D eigenvalue weighted by Crippen LogP contribution is 2.19. The molecule has 94 valence electrons. The largest absolute Gasteiger partial charge is 0.374 e. The Morgan fingerprint density at radius 1 is 1.17 bits per heavy atom. The van der Waals surface area contributed by atoms with E-state index in [1.165, 1.54) is 5.56 Å². The molecule has 0 spiro atoms. The zero-order valence-electron chi connectivity index (χ0n) is 10.5. The van der Waals surface area contributed by atoms with E-state index in [-0.39, 0.29) is 0 Å². The van der Waals surface area contributed by atoms with Gasteiger partial charge in [-0.2, -0.15) is 0 Å². The Bertz CT molecular complexity index is 485. The lowest BCUT2D eigenvalue weighted by atomic mass is 10.1. The summed E-state index contributed by atoms with van der Waals surface area (Å²) in [5, 5.41) is 0. The summed E-state index contributed by atoms with van der Waals surface area (Å²) < 4.78 is 0. The van der Waals surface area contributed by atoms with Crippen molar-refractivity contribution in [2.45, 2.75) is 12.3 Å². The minimum Gasteiger partial charge on any atom is -0.374 e. The maximum absolute atomic E-state index is 5.93. The van der Waals surface area contributed by atoms with Gasteiger partial charge in [0.2, 0.25) is 0 Å². The Balaban J connectivity index is 2.01. The van der Waals surface area contributed by atoms with Gasteiger partial charge in [-0.1, -0.05) is 30.3 Å². The van der Waals surface area contributed by atoms with Gasteiger partial charge in [0.15, 0.2) is 0 Å². The van der Waals surface area contributed by atoms with E-state index in [9.17, 15) is 0 Å². The topological polar surface area (TPSA) is 16.1 Å². The van der Waals surface area contributed by atoms with Crippen LogP contribution in [0.15, 0.2) is 48.8 Å². The second-order valence-corrected chi connectivity index (χ2v) is 4.56. The van der Waals surface area contributed by atoms with Crippen LogP contribution in [0.3, 0.4) is 0 Å². The molecule has 1 aromatic heterocycles. The zero-order chi connectivity index (χ0) is 12.8. The number of hydrogen-bond donors (Lipinski definition) is 0. The molecule has 0 aliphatic rings. The van der Waals surface area contributed by atoms with Crippen molar-refractivity contribution in [2.75, 3.05) is 18.5 Å². The number of aromatic nitrogens is 1. The van der Waals surface area contributed by atoms with Crippen LogP contribution in [0.25, 0.3) is 0 Å². The van der Waals surface area contributed by atoms with Crippen LogP contribution in [-0.4, -0.2) is 18.6 Å². The van der Waals surface area contributed by atoms with Gasteiger partial charge in [0.1, 0.15) is 0 Å². The SMILES string of the molecule is CN(CCc1ccccc1)c1ccncc1CCl. The quantitative estimate of drug-likeness (QED) is 0.765. The first-order chi connectivity index (χ1) is 8.81. The molecular formula is C15H17ClN2. The van der Waals surface area contributed by atoms with Gasteiger partial charge in [0.05, 0.1) is 5.88 Å². The summed E-state index contributed by atoms with van der Waals surface area (Å²) in [4.78, 5) is 6.33. The summed E-state index contributed by atoms with van der Waals surface area (Å²) in [5.74, 6) is 0.499. The van der Waals surface area contributed by atoms with E-state index in [1.54, 1.807) is 0 Å². The molecule has 2 aromatic rings. The Labute approximate surface area is 113 Å². The number of nitrogens with zero attached hydrogens (tertiary/aromatic N) is 2. The van der Waals surface area contributed by atoms with Gasteiger partial charge in [-0.3, -0.25) is 4.98 Å². The Kier molecular flexibility index (Phi) is 4.59. The highest BCUT2D eigenvalue weighted by atomic mass is 35.5. The number of pyridine rings is 1. The molecule has 18 heavy (non-hydrogen) atoms. The van der Waals surface area contributed by atoms with Crippen molar-refractivity contribution >= 4 is 17.3 Å². The third-order valence-electron chi connectivity index (χ3n) is 3.01. The minimum absolute atomic E-state index is 0.499. The number of halogens is 1. The molecule has 0 amide bonds. The van der Waals surface area contributed by atoms with Crippen LogP contribution in [0, 0.1) is 0 Å². The van der Waals surface area contributed by atoms with Crippen molar-refractivity contribution < 1.29 is 0 Å². The third-order valence-corrected chi connectivity index (χ3v) is 3.30. The highest BCUT2D eigenvalue weighted by Gasteiger charge is 2.06. The molecule has 2 rings (SSSR count). The maximum atomic E-state index is 5.93.